The zero-order chi connectivity index (χ0) is 14.8. The van der Waals surface area contributed by atoms with Crippen molar-refractivity contribution in [1.82, 2.24) is 15.1 Å². The summed E-state index contributed by atoms with van der Waals surface area (Å²) in [6.45, 7) is 7.11. The molecule has 1 fully saturated rings. The second-order valence-electron chi connectivity index (χ2n) is 6.52. The molecular weight excluding hydrogens is 250 g/mol. The summed E-state index contributed by atoms with van der Waals surface area (Å²) in [7, 11) is 1.95. The van der Waals surface area contributed by atoms with Crippen LogP contribution in [0.2, 0.25) is 0 Å². The third-order valence-corrected chi connectivity index (χ3v) is 4.87. The molecule has 114 valence electrons. The maximum atomic E-state index is 10.7. The fraction of sp³-hybridized carbons (Fsp3) is 0.812. The molecule has 0 aliphatic heterocycles. The van der Waals surface area contributed by atoms with Gasteiger partial charge < -0.3 is 10.4 Å². The van der Waals surface area contributed by atoms with E-state index in [1.54, 1.807) is 0 Å². The van der Waals surface area contributed by atoms with Gasteiger partial charge in [0.2, 0.25) is 0 Å². The second-order valence-corrected chi connectivity index (χ2v) is 6.52. The number of hydrogen-bond donors (Lipinski definition) is 2. The molecule has 1 aliphatic carbocycles. The number of rotatable bonds is 5. The lowest BCUT2D eigenvalue weighted by Crippen LogP contribution is -2.44. The van der Waals surface area contributed by atoms with Crippen LogP contribution in [0.25, 0.3) is 0 Å². The molecule has 0 bridgehead atoms. The average molecular weight is 279 g/mol. The van der Waals surface area contributed by atoms with Gasteiger partial charge in [-0.05, 0) is 45.4 Å². The summed E-state index contributed by atoms with van der Waals surface area (Å²) in [5.41, 5.74) is 1.77. The summed E-state index contributed by atoms with van der Waals surface area (Å²) < 4.78 is 1.85. The molecule has 1 heterocycles. The topological polar surface area (TPSA) is 50.1 Å². The van der Waals surface area contributed by atoms with Crippen molar-refractivity contribution in [2.75, 3.05) is 6.54 Å². The first kappa shape index (κ1) is 15.5. The molecule has 4 heteroatoms. The molecule has 2 N–H and O–H groups in total. The van der Waals surface area contributed by atoms with E-state index in [1.807, 2.05) is 18.7 Å². The van der Waals surface area contributed by atoms with Crippen molar-refractivity contribution in [3.63, 3.8) is 0 Å². The van der Waals surface area contributed by atoms with Crippen LogP contribution in [0.5, 0.6) is 0 Å². The number of aryl methyl sites for hydroxylation is 2. The van der Waals surface area contributed by atoms with E-state index in [-0.39, 0.29) is 6.04 Å². The molecule has 1 aliphatic rings. The lowest BCUT2D eigenvalue weighted by molar-refractivity contribution is -0.0103. The Morgan fingerprint density at radius 2 is 2.15 bits per heavy atom. The summed E-state index contributed by atoms with van der Waals surface area (Å²) in [6, 6.07) is 0.233. The highest BCUT2D eigenvalue weighted by Gasteiger charge is 2.32. The highest BCUT2D eigenvalue weighted by molar-refractivity contribution is 5.19. The molecule has 0 aromatic carbocycles. The first-order chi connectivity index (χ1) is 9.43. The van der Waals surface area contributed by atoms with Gasteiger partial charge in [-0.2, -0.15) is 5.10 Å². The minimum Gasteiger partial charge on any atom is -0.389 e. The van der Waals surface area contributed by atoms with Gasteiger partial charge in [-0.25, -0.2) is 0 Å². The van der Waals surface area contributed by atoms with Gasteiger partial charge in [0, 0.05) is 31.4 Å². The minimum absolute atomic E-state index is 0.233. The summed E-state index contributed by atoms with van der Waals surface area (Å²) >= 11 is 0. The summed E-state index contributed by atoms with van der Waals surface area (Å²) in [5.74, 6) is 0.813. The van der Waals surface area contributed by atoms with E-state index in [9.17, 15) is 5.11 Å². The van der Waals surface area contributed by atoms with Gasteiger partial charge >= 0.3 is 0 Å². The van der Waals surface area contributed by atoms with Gasteiger partial charge in [0.25, 0.3) is 0 Å². The van der Waals surface area contributed by atoms with Crippen molar-refractivity contribution in [2.45, 2.75) is 64.5 Å². The molecule has 20 heavy (non-hydrogen) atoms. The highest BCUT2D eigenvalue weighted by atomic mass is 16.3. The van der Waals surface area contributed by atoms with Gasteiger partial charge in [0.1, 0.15) is 0 Å². The molecule has 0 saturated heterocycles. The third kappa shape index (κ3) is 3.61. The predicted molar refractivity (Wildman–Crippen MR) is 81.6 cm³/mol. The fourth-order valence-electron chi connectivity index (χ4n) is 3.30. The standard InChI is InChI=1S/C16H29N3O/c1-5-14-6-8-16(20,9-7-14)11-17-12(2)15-10-19(4)18-13(15)3/h10,12,14,17,20H,5-9,11H2,1-4H3. The van der Waals surface area contributed by atoms with E-state index in [0.29, 0.717) is 6.54 Å². The number of aromatic nitrogens is 2. The molecule has 1 aromatic heterocycles. The normalized spacial score (nSPS) is 28.6. The maximum Gasteiger partial charge on any atom is 0.0772 e. The van der Waals surface area contributed by atoms with Crippen LogP contribution in [0.15, 0.2) is 6.20 Å². The van der Waals surface area contributed by atoms with Crippen LogP contribution in [0.1, 0.15) is 63.3 Å². The van der Waals surface area contributed by atoms with E-state index >= 15 is 0 Å². The number of nitrogens with zero attached hydrogens (tertiary/aromatic N) is 2. The van der Waals surface area contributed by atoms with Crippen molar-refractivity contribution >= 4 is 0 Å². The maximum absolute atomic E-state index is 10.7. The Balaban J connectivity index is 1.87. The van der Waals surface area contributed by atoms with Crippen LogP contribution in [-0.2, 0) is 7.05 Å². The summed E-state index contributed by atoms with van der Waals surface area (Å²) in [4.78, 5) is 0. The van der Waals surface area contributed by atoms with E-state index in [1.165, 1.54) is 12.0 Å². The van der Waals surface area contributed by atoms with Crippen LogP contribution in [0.4, 0.5) is 0 Å². The van der Waals surface area contributed by atoms with E-state index in [4.69, 9.17) is 0 Å². The van der Waals surface area contributed by atoms with Gasteiger partial charge in [-0.3, -0.25) is 4.68 Å². The smallest absolute Gasteiger partial charge is 0.0772 e. The Morgan fingerprint density at radius 1 is 1.50 bits per heavy atom. The number of hydrogen-bond acceptors (Lipinski definition) is 3. The van der Waals surface area contributed by atoms with Crippen molar-refractivity contribution in [2.24, 2.45) is 13.0 Å². The Hall–Kier alpha value is -0.870. The molecule has 0 radical (unpaired) electrons. The van der Waals surface area contributed by atoms with Crippen molar-refractivity contribution in [3.05, 3.63) is 17.5 Å². The zero-order valence-corrected chi connectivity index (χ0v) is 13.3. The fourth-order valence-corrected chi connectivity index (χ4v) is 3.30. The third-order valence-electron chi connectivity index (χ3n) is 4.87. The lowest BCUT2D eigenvalue weighted by atomic mass is 9.77. The molecular formula is C16H29N3O. The van der Waals surface area contributed by atoms with Crippen LogP contribution in [0, 0.1) is 12.8 Å². The molecule has 0 spiro atoms. The molecule has 1 saturated carbocycles. The number of aliphatic hydroxyl groups is 1. The first-order valence-electron chi connectivity index (χ1n) is 7.89. The zero-order valence-electron chi connectivity index (χ0n) is 13.3. The second kappa shape index (κ2) is 6.27. The Labute approximate surface area is 122 Å². The van der Waals surface area contributed by atoms with Crippen LogP contribution < -0.4 is 5.32 Å². The molecule has 1 aromatic rings. The Morgan fingerprint density at radius 3 is 2.65 bits per heavy atom. The highest BCUT2D eigenvalue weighted by Crippen LogP contribution is 2.33. The monoisotopic (exact) mass is 279 g/mol. The quantitative estimate of drug-likeness (QED) is 0.871. The first-order valence-corrected chi connectivity index (χ1v) is 7.89. The Kier molecular flexibility index (Phi) is 4.86. The van der Waals surface area contributed by atoms with Crippen molar-refractivity contribution in [3.8, 4) is 0 Å². The van der Waals surface area contributed by atoms with Gasteiger partial charge in [0.05, 0.1) is 11.3 Å². The minimum atomic E-state index is -0.518. The van der Waals surface area contributed by atoms with Crippen LogP contribution in [0.3, 0.4) is 0 Å². The van der Waals surface area contributed by atoms with E-state index in [2.05, 4.69) is 30.5 Å². The average Bonchev–Trinajstić information content (AvgIpc) is 2.76. The van der Waals surface area contributed by atoms with Gasteiger partial charge in [-0.15, -0.1) is 0 Å². The summed E-state index contributed by atoms with van der Waals surface area (Å²) in [5, 5.41) is 18.5. The molecule has 4 nitrogen and oxygen atoms in total. The number of nitrogens with one attached hydrogen (secondary N) is 1. The largest absolute Gasteiger partial charge is 0.389 e. The molecule has 0 amide bonds. The van der Waals surface area contributed by atoms with Crippen LogP contribution >= 0.6 is 0 Å². The van der Waals surface area contributed by atoms with Crippen molar-refractivity contribution in [1.29, 1.82) is 0 Å². The predicted octanol–water partition coefficient (Wildman–Crippen LogP) is 2.71. The van der Waals surface area contributed by atoms with E-state index in [0.717, 1.165) is 37.3 Å². The van der Waals surface area contributed by atoms with Crippen molar-refractivity contribution < 1.29 is 5.11 Å². The van der Waals surface area contributed by atoms with Crippen LogP contribution in [-0.4, -0.2) is 27.0 Å². The lowest BCUT2D eigenvalue weighted by Gasteiger charge is -2.36. The molecule has 1 unspecified atom stereocenters. The van der Waals surface area contributed by atoms with Gasteiger partial charge in [0.15, 0.2) is 0 Å². The Bertz CT molecular complexity index is 433. The van der Waals surface area contributed by atoms with Gasteiger partial charge in [-0.1, -0.05) is 13.3 Å². The van der Waals surface area contributed by atoms with E-state index < -0.39 is 5.60 Å². The SMILES string of the molecule is CCC1CCC(O)(CNC(C)c2cn(C)nc2C)CC1. The molecule has 1 atom stereocenters. The molecule has 2 rings (SSSR count). The summed E-state index contributed by atoms with van der Waals surface area (Å²) in [6.07, 6.45) is 7.48.